The molecule has 2 heterocycles. The minimum absolute atomic E-state index is 0.621. The highest BCUT2D eigenvalue weighted by Crippen LogP contribution is 2.40. The van der Waals surface area contributed by atoms with Crippen LogP contribution in [0.25, 0.3) is 88.3 Å². The van der Waals surface area contributed by atoms with Crippen LogP contribution in [0.1, 0.15) is 0 Å². The van der Waals surface area contributed by atoms with Crippen molar-refractivity contribution in [3.8, 4) is 33.7 Å². The van der Waals surface area contributed by atoms with Crippen LogP contribution in [0, 0.1) is 0 Å². The number of benzene rings is 9. The summed E-state index contributed by atoms with van der Waals surface area (Å²) in [6.45, 7) is 0. The number of oxazole rings is 1. The average molecular weight is 705 g/mol. The third kappa shape index (κ3) is 5.51. The van der Waals surface area contributed by atoms with Crippen LogP contribution >= 0.6 is 0 Å². The van der Waals surface area contributed by atoms with Gasteiger partial charge in [-0.2, -0.15) is 0 Å². The predicted octanol–water partition coefficient (Wildman–Crippen LogP) is 14.5. The fourth-order valence-corrected chi connectivity index (χ4v) is 7.83. The van der Waals surface area contributed by atoms with E-state index in [-0.39, 0.29) is 0 Å². The summed E-state index contributed by atoms with van der Waals surface area (Å²) in [5.74, 6) is 0.621. The van der Waals surface area contributed by atoms with Crippen LogP contribution in [0.5, 0.6) is 0 Å². The molecular weight excluding hydrogens is 673 g/mol. The number of para-hydroxylation sites is 3. The standard InChI is InChI=1S/C51H32N2O2/c1-2-10-42(11-3-1)53(43-23-20-34(21-24-43)38-18-19-39-28-36-8-4-5-9-37(36)29-41(39)30-38)44-25-27-46-45-26-22-40(31-49(45)54-50(46)32-44)33-14-16-35(17-15-33)51-52-47-12-6-7-13-48(47)55-51/h1-32H. The lowest BCUT2D eigenvalue weighted by Gasteiger charge is -2.25. The summed E-state index contributed by atoms with van der Waals surface area (Å²) in [6, 6.07) is 68.3. The van der Waals surface area contributed by atoms with Crippen LogP contribution in [-0.4, -0.2) is 4.98 Å². The second-order valence-corrected chi connectivity index (χ2v) is 14.0. The Kier molecular flexibility index (Phi) is 7.14. The molecule has 2 aromatic heterocycles. The van der Waals surface area contributed by atoms with Gasteiger partial charge in [-0.1, -0.05) is 97.1 Å². The zero-order valence-electron chi connectivity index (χ0n) is 29.7. The van der Waals surface area contributed by atoms with Crippen molar-refractivity contribution in [1.82, 2.24) is 4.98 Å². The Labute approximate surface area is 317 Å². The molecule has 0 saturated heterocycles. The van der Waals surface area contributed by atoms with Crippen LogP contribution in [0.15, 0.2) is 203 Å². The highest BCUT2D eigenvalue weighted by atomic mass is 16.3. The molecule has 9 aromatic carbocycles. The van der Waals surface area contributed by atoms with Gasteiger partial charge in [0.05, 0.1) is 0 Å². The Bertz CT molecular complexity index is 3160. The number of rotatable bonds is 6. The second-order valence-electron chi connectivity index (χ2n) is 14.0. The van der Waals surface area contributed by atoms with Gasteiger partial charge in [0.25, 0.3) is 0 Å². The van der Waals surface area contributed by atoms with Gasteiger partial charge in [-0.15, -0.1) is 0 Å². The van der Waals surface area contributed by atoms with Gasteiger partial charge < -0.3 is 13.7 Å². The molecule has 0 radical (unpaired) electrons. The smallest absolute Gasteiger partial charge is 0.227 e. The first-order valence-electron chi connectivity index (χ1n) is 18.5. The number of anilines is 3. The summed E-state index contributed by atoms with van der Waals surface area (Å²) in [4.78, 5) is 6.94. The van der Waals surface area contributed by atoms with Crippen molar-refractivity contribution in [2.24, 2.45) is 0 Å². The molecule has 0 aliphatic carbocycles. The zero-order chi connectivity index (χ0) is 36.3. The van der Waals surface area contributed by atoms with Crippen LogP contribution in [0.3, 0.4) is 0 Å². The molecule has 11 rings (SSSR count). The summed E-state index contributed by atoms with van der Waals surface area (Å²) >= 11 is 0. The maximum Gasteiger partial charge on any atom is 0.227 e. The molecule has 0 spiro atoms. The highest BCUT2D eigenvalue weighted by molar-refractivity contribution is 6.07. The van der Waals surface area contributed by atoms with Gasteiger partial charge in [-0.3, -0.25) is 0 Å². The molecule has 11 aromatic rings. The summed E-state index contributed by atoms with van der Waals surface area (Å²) in [5, 5.41) is 7.19. The maximum atomic E-state index is 6.59. The first-order chi connectivity index (χ1) is 27.2. The summed E-state index contributed by atoms with van der Waals surface area (Å²) in [7, 11) is 0. The van der Waals surface area contributed by atoms with E-state index < -0.39 is 0 Å². The van der Waals surface area contributed by atoms with Gasteiger partial charge in [0.2, 0.25) is 5.89 Å². The fourth-order valence-electron chi connectivity index (χ4n) is 7.83. The number of furan rings is 1. The molecule has 4 nitrogen and oxygen atoms in total. The Morgan fingerprint density at radius 3 is 1.65 bits per heavy atom. The van der Waals surface area contributed by atoms with Crippen LogP contribution in [-0.2, 0) is 0 Å². The number of fused-ring (bicyclic) bond motifs is 6. The average Bonchev–Trinajstić information content (AvgIpc) is 3.85. The summed E-state index contributed by atoms with van der Waals surface area (Å²) < 4.78 is 12.6. The number of nitrogens with zero attached hydrogens (tertiary/aromatic N) is 2. The molecule has 0 unspecified atom stereocenters. The Morgan fingerprint density at radius 2 is 0.873 bits per heavy atom. The minimum atomic E-state index is 0.621. The van der Waals surface area contributed by atoms with Crippen molar-refractivity contribution in [3.63, 3.8) is 0 Å². The molecule has 0 amide bonds. The molecule has 0 atom stereocenters. The van der Waals surface area contributed by atoms with E-state index >= 15 is 0 Å². The molecule has 0 bridgehead atoms. The molecule has 0 aliphatic heterocycles. The van der Waals surface area contributed by atoms with Gasteiger partial charge in [0.1, 0.15) is 16.7 Å². The van der Waals surface area contributed by atoms with Crippen LogP contribution in [0.2, 0.25) is 0 Å². The lowest BCUT2D eigenvalue weighted by molar-refractivity contribution is 0.620. The molecular formula is C51H32N2O2. The lowest BCUT2D eigenvalue weighted by atomic mass is 9.98. The van der Waals surface area contributed by atoms with E-state index in [1.807, 2.05) is 24.3 Å². The van der Waals surface area contributed by atoms with Crippen molar-refractivity contribution in [3.05, 3.63) is 194 Å². The summed E-state index contributed by atoms with van der Waals surface area (Å²) in [5.41, 5.74) is 12.0. The van der Waals surface area contributed by atoms with E-state index in [2.05, 4.69) is 180 Å². The molecule has 0 fully saturated rings. The van der Waals surface area contributed by atoms with Gasteiger partial charge >= 0.3 is 0 Å². The van der Waals surface area contributed by atoms with Crippen LogP contribution in [0.4, 0.5) is 17.1 Å². The molecule has 55 heavy (non-hydrogen) atoms. The van der Waals surface area contributed by atoms with Gasteiger partial charge in [-0.05, 0) is 135 Å². The molecule has 4 heteroatoms. The van der Waals surface area contributed by atoms with Crippen molar-refractivity contribution in [1.29, 1.82) is 0 Å². The maximum absolute atomic E-state index is 6.59. The topological polar surface area (TPSA) is 42.4 Å². The van der Waals surface area contributed by atoms with E-state index in [1.165, 1.54) is 32.7 Å². The SMILES string of the molecule is c1ccc(N(c2ccc(-c3ccc4cc5ccccc5cc4c3)cc2)c2ccc3c(c2)oc2cc(-c4ccc(-c5nc6ccccc6o5)cc4)ccc23)cc1. The third-order valence-electron chi connectivity index (χ3n) is 10.7. The van der Waals surface area contributed by atoms with Crippen molar-refractivity contribution < 1.29 is 8.83 Å². The normalized spacial score (nSPS) is 11.6. The Hall–Kier alpha value is -7.43. The van der Waals surface area contributed by atoms with E-state index in [4.69, 9.17) is 8.83 Å². The fraction of sp³-hybridized carbons (Fsp3) is 0. The number of aromatic nitrogens is 1. The third-order valence-corrected chi connectivity index (χ3v) is 10.7. The van der Waals surface area contributed by atoms with E-state index in [0.29, 0.717) is 5.89 Å². The zero-order valence-corrected chi connectivity index (χ0v) is 29.7. The highest BCUT2D eigenvalue weighted by Gasteiger charge is 2.17. The Balaban J connectivity index is 0.918. The number of hydrogen-bond acceptors (Lipinski definition) is 4. The van der Waals surface area contributed by atoms with Crippen molar-refractivity contribution >= 4 is 71.6 Å². The largest absolute Gasteiger partial charge is 0.456 e. The molecule has 0 N–H and O–H groups in total. The van der Waals surface area contributed by atoms with Crippen molar-refractivity contribution in [2.45, 2.75) is 0 Å². The summed E-state index contributed by atoms with van der Waals surface area (Å²) in [6.07, 6.45) is 0. The van der Waals surface area contributed by atoms with Gasteiger partial charge in [-0.25, -0.2) is 4.98 Å². The monoisotopic (exact) mass is 704 g/mol. The van der Waals surface area contributed by atoms with Crippen molar-refractivity contribution in [2.75, 3.05) is 4.90 Å². The quantitative estimate of drug-likeness (QED) is 0.162. The predicted molar refractivity (Wildman–Crippen MR) is 227 cm³/mol. The molecule has 0 aliphatic rings. The van der Waals surface area contributed by atoms with Gasteiger partial charge in [0, 0.05) is 39.5 Å². The minimum Gasteiger partial charge on any atom is -0.456 e. The molecule has 0 saturated carbocycles. The van der Waals surface area contributed by atoms with E-state index in [1.54, 1.807) is 0 Å². The first-order valence-corrected chi connectivity index (χ1v) is 18.5. The Morgan fingerprint density at radius 1 is 0.327 bits per heavy atom. The molecule has 258 valence electrons. The van der Waals surface area contributed by atoms with E-state index in [0.717, 1.165) is 66.8 Å². The van der Waals surface area contributed by atoms with E-state index in [9.17, 15) is 0 Å². The lowest BCUT2D eigenvalue weighted by Crippen LogP contribution is -2.09. The first kappa shape index (κ1) is 31.1. The van der Waals surface area contributed by atoms with Crippen LogP contribution < -0.4 is 4.90 Å². The second kappa shape index (κ2) is 12.6. The van der Waals surface area contributed by atoms with Gasteiger partial charge in [0.15, 0.2) is 5.58 Å². The number of hydrogen-bond donors (Lipinski definition) is 0.